The van der Waals surface area contributed by atoms with Gasteiger partial charge >= 0.3 is 0 Å². The third-order valence-electron chi connectivity index (χ3n) is 3.68. The quantitative estimate of drug-likeness (QED) is 0.694. The Bertz CT molecular complexity index is 1050. The number of rotatable bonds is 4. The molecule has 0 bridgehead atoms. The molecule has 0 aliphatic heterocycles. The molecule has 0 atom stereocenters. The number of aromatic hydroxyl groups is 1. The summed E-state index contributed by atoms with van der Waals surface area (Å²) < 4.78 is 5.08. The van der Waals surface area contributed by atoms with Gasteiger partial charge in [-0.25, -0.2) is 0 Å². The Morgan fingerprint density at radius 3 is 2.38 bits per heavy atom. The molecule has 7 heteroatoms. The zero-order valence-electron chi connectivity index (χ0n) is 13.8. The van der Waals surface area contributed by atoms with Gasteiger partial charge in [0.1, 0.15) is 17.4 Å². The molecule has 7 nitrogen and oxygen atoms in total. The highest BCUT2D eigenvalue weighted by atomic mass is 16.5. The number of nitrogens with zero attached hydrogens (tertiary/aromatic N) is 3. The summed E-state index contributed by atoms with van der Waals surface area (Å²) in [5.74, 6) is 0.169. The van der Waals surface area contributed by atoms with Gasteiger partial charge in [0.25, 0.3) is 5.56 Å². The average Bonchev–Trinajstić information content (AvgIpc) is 2.68. The summed E-state index contributed by atoms with van der Waals surface area (Å²) in [6.07, 6.45) is 0. The molecule has 128 valence electrons. The molecule has 1 aromatic heterocycles. The van der Waals surface area contributed by atoms with Gasteiger partial charge in [0, 0.05) is 5.56 Å². The number of benzene rings is 2. The lowest BCUT2D eigenvalue weighted by Crippen LogP contribution is -2.08. The molecule has 0 saturated heterocycles. The van der Waals surface area contributed by atoms with Crippen LogP contribution in [0.1, 0.15) is 5.56 Å². The van der Waals surface area contributed by atoms with Crippen molar-refractivity contribution in [3.8, 4) is 28.8 Å². The van der Waals surface area contributed by atoms with Crippen LogP contribution in [0.4, 0.5) is 11.4 Å². The van der Waals surface area contributed by atoms with Crippen molar-refractivity contribution in [3.63, 3.8) is 0 Å². The predicted octanol–water partition coefficient (Wildman–Crippen LogP) is 4.04. The Balaban J connectivity index is 2.16. The van der Waals surface area contributed by atoms with Crippen LogP contribution in [0.25, 0.3) is 11.1 Å². The predicted molar refractivity (Wildman–Crippen MR) is 96.0 cm³/mol. The monoisotopic (exact) mass is 346 g/mol. The van der Waals surface area contributed by atoms with Crippen molar-refractivity contribution in [2.45, 2.75) is 0 Å². The third-order valence-corrected chi connectivity index (χ3v) is 3.68. The molecular weight excluding hydrogens is 332 g/mol. The Kier molecular flexibility index (Phi) is 4.76. The van der Waals surface area contributed by atoms with Crippen LogP contribution in [0.3, 0.4) is 0 Å². The minimum absolute atomic E-state index is 0.0543. The number of pyridine rings is 1. The summed E-state index contributed by atoms with van der Waals surface area (Å²) in [6, 6.07) is 17.5. The van der Waals surface area contributed by atoms with Crippen molar-refractivity contribution in [2.75, 3.05) is 7.11 Å². The molecule has 0 aliphatic carbocycles. The zero-order chi connectivity index (χ0) is 18.5. The van der Waals surface area contributed by atoms with Gasteiger partial charge in [0.2, 0.25) is 5.88 Å². The summed E-state index contributed by atoms with van der Waals surface area (Å²) in [5.41, 5.74) is 0.551. The Labute approximate surface area is 148 Å². The molecule has 0 unspecified atom stereocenters. The summed E-state index contributed by atoms with van der Waals surface area (Å²) in [5, 5.41) is 27.4. The van der Waals surface area contributed by atoms with Crippen LogP contribution in [0.2, 0.25) is 0 Å². The van der Waals surface area contributed by atoms with Gasteiger partial charge in [-0.3, -0.25) is 9.78 Å². The zero-order valence-corrected chi connectivity index (χ0v) is 13.8. The number of azo groups is 1. The number of nitriles is 1. The lowest BCUT2D eigenvalue weighted by atomic mass is 10.00. The first-order valence-electron chi connectivity index (χ1n) is 7.64. The fourth-order valence-electron chi connectivity index (χ4n) is 2.43. The highest BCUT2D eigenvalue weighted by Crippen LogP contribution is 2.34. The maximum Gasteiger partial charge on any atom is 0.279 e. The minimum atomic E-state index is -0.641. The van der Waals surface area contributed by atoms with E-state index >= 15 is 0 Å². The van der Waals surface area contributed by atoms with E-state index in [9.17, 15) is 15.2 Å². The lowest BCUT2D eigenvalue weighted by molar-refractivity contribution is 0.415. The lowest BCUT2D eigenvalue weighted by Gasteiger charge is -2.08. The van der Waals surface area contributed by atoms with Crippen LogP contribution < -0.4 is 10.3 Å². The topological polar surface area (TPSA) is 111 Å². The van der Waals surface area contributed by atoms with Crippen LogP contribution in [0.5, 0.6) is 11.6 Å². The number of nitrogens with one attached hydrogen (secondary N) is 1. The van der Waals surface area contributed by atoms with Crippen molar-refractivity contribution in [3.05, 3.63) is 70.5 Å². The second kappa shape index (κ2) is 7.32. The molecule has 0 radical (unpaired) electrons. The van der Waals surface area contributed by atoms with E-state index in [1.165, 1.54) is 0 Å². The number of hydrogen-bond donors (Lipinski definition) is 2. The first-order chi connectivity index (χ1) is 12.6. The van der Waals surface area contributed by atoms with Gasteiger partial charge in [-0.1, -0.05) is 30.3 Å². The molecule has 0 fully saturated rings. The molecule has 1 heterocycles. The van der Waals surface area contributed by atoms with Gasteiger partial charge in [-0.05, 0) is 29.8 Å². The van der Waals surface area contributed by atoms with Crippen LogP contribution >= 0.6 is 0 Å². The normalized spacial score (nSPS) is 10.6. The molecule has 3 aromatic rings. The molecule has 0 aliphatic rings. The highest BCUT2D eigenvalue weighted by Gasteiger charge is 2.19. The Morgan fingerprint density at radius 1 is 1.08 bits per heavy atom. The molecule has 3 rings (SSSR count). The molecule has 0 saturated carbocycles. The smallest absolute Gasteiger partial charge is 0.279 e. The second-order valence-corrected chi connectivity index (χ2v) is 5.28. The number of aromatic amines is 1. The van der Waals surface area contributed by atoms with Gasteiger partial charge in [0.15, 0.2) is 5.69 Å². The van der Waals surface area contributed by atoms with E-state index < -0.39 is 11.4 Å². The summed E-state index contributed by atoms with van der Waals surface area (Å²) in [6.45, 7) is 0. The van der Waals surface area contributed by atoms with Crippen LogP contribution in [-0.4, -0.2) is 17.2 Å². The maximum atomic E-state index is 12.3. The van der Waals surface area contributed by atoms with Crippen molar-refractivity contribution in [1.29, 1.82) is 5.26 Å². The number of H-pyrrole nitrogens is 1. The van der Waals surface area contributed by atoms with E-state index in [4.69, 9.17) is 4.74 Å². The standard InChI is InChI=1S/C19H14N4O3/c1-26-14-9-7-13(8-10-14)22-23-17-16(12-5-3-2-4-6-12)15(11-20)18(24)21-19(17)25/h2-10H,1H3,(H2,21,24,25). The number of methoxy groups -OCH3 is 1. The molecule has 0 amide bonds. The van der Waals surface area contributed by atoms with Crippen molar-refractivity contribution >= 4 is 11.4 Å². The number of hydrogen-bond acceptors (Lipinski definition) is 6. The summed E-state index contributed by atoms with van der Waals surface area (Å²) in [7, 11) is 1.56. The molecule has 2 N–H and O–H groups in total. The van der Waals surface area contributed by atoms with Crippen LogP contribution in [0, 0.1) is 11.3 Å². The summed E-state index contributed by atoms with van der Waals surface area (Å²) in [4.78, 5) is 14.6. The number of ether oxygens (including phenoxy) is 1. The maximum absolute atomic E-state index is 12.3. The van der Waals surface area contributed by atoms with Crippen LogP contribution in [0.15, 0.2) is 69.6 Å². The second-order valence-electron chi connectivity index (χ2n) is 5.28. The average molecular weight is 346 g/mol. The number of aromatic nitrogens is 1. The SMILES string of the molecule is COc1ccc(N=Nc2c(-c3ccccc3)c(C#N)c(O)[nH]c2=O)cc1. The molecule has 26 heavy (non-hydrogen) atoms. The van der Waals surface area contributed by atoms with Gasteiger partial charge in [-0.15, -0.1) is 5.11 Å². The Hall–Kier alpha value is -3.92. The van der Waals surface area contributed by atoms with E-state index in [1.54, 1.807) is 61.7 Å². The molecular formula is C19H14N4O3. The highest BCUT2D eigenvalue weighted by molar-refractivity contribution is 5.82. The minimum Gasteiger partial charge on any atom is -0.497 e. The van der Waals surface area contributed by atoms with Gasteiger partial charge in [0.05, 0.1) is 12.8 Å². The van der Waals surface area contributed by atoms with E-state index in [0.29, 0.717) is 17.0 Å². The largest absolute Gasteiger partial charge is 0.497 e. The van der Waals surface area contributed by atoms with E-state index in [2.05, 4.69) is 15.2 Å². The van der Waals surface area contributed by atoms with Crippen molar-refractivity contribution in [1.82, 2.24) is 4.98 Å². The van der Waals surface area contributed by atoms with Crippen molar-refractivity contribution in [2.24, 2.45) is 10.2 Å². The summed E-state index contributed by atoms with van der Waals surface area (Å²) >= 11 is 0. The van der Waals surface area contributed by atoms with Gasteiger partial charge < -0.3 is 9.84 Å². The van der Waals surface area contributed by atoms with Crippen LogP contribution in [-0.2, 0) is 0 Å². The Morgan fingerprint density at radius 2 is 1.77 bits per heavy atom. The van der Waals surface area contributed by atoms with E-state index in [-0.39, 0.29) is 16.8 Å². The van der Waals surface area contributed by atoms with E-state index in [0.717, 1.165) is 0 Å². The fourth-order valence-corrected chi connectivity index (χ4v) is 2.43. The first kappa shape index (κ1) is 16.9. The third kappa shape index (κ3) is 3.30. The van der Waals surface area contributed by atoms with Gasteiger partial charge in [-0.2, -0.15) is 10.4 Å². The molecule has 2 aromatic carbocycles. The first-order valence-corrected chi connectivity index (χ1v) is 7.64. The van der Waals surface area contributed by atoms with Crippen molar-refractivity contribution < 1.29 is 9.84 Å². The van der Waals surface area contributed by atoms with E-state index in [1.807, 2.05) is 6.07 Å². The fraction of sp³-hybridized carbons (Fsp3) is 0.0526. The molecule has 0 spiro atoms.